The van der Waals surface area contributed by atoms with Crippen molar-refractivity contribution in [1.29, 1.82) is 0 Å². The van der Waals surface area contributed by atoms with Crippen LogP contribution in [0.3, 0.4) is 0 Å². The molecule has 0 bridgehead atoms. The summed E-state index contributed by atoms with van der Waals surface area (Å²) in [5.41, 5.74) is 5.60. The van der Waals surface area contributed by atoms with Gasteiger partial charge in [-0.25, -0.2) is 9.97 Å². The Morgan fingerprint density at radius 2 is 2.24 bits per heavy atom. The number of carbonyl (C=O) groups excluding carboxylic acids is 3. The number of nitrogens with zero attached hydrogens (tertiary/aromatic N) is 2. The van der Waals surface area contributed by atoms with Crippen LogP contribution >= 0.6 is 0 Å². The topological polar surface area (TPSA) is 127 Å². The van der Waals surface area contributed by atoms with Crippen LogP contribution < -0.4 is 16.4 Å². The SMILES string of the molecule is CC(=O)C1(N)NC(=O)c2nc(C=O)cnc2N1. The fraction of sp³-hybridized carbons (Fsp3) is 0.222. The molecule has 0 saturated carbocycles. The molecule has 8 nitrogen and oxygen atoms in total. The van der Waals surface area contributed by atoms with Crippen LogP contribution in [-0.4, -0.2) is 33.7 Å². The van der Waals surface area contributed by atoms with Gasteiger partial charge in [0.25, 0.3) is 5.91 Å². The van der Waals surface area contributed by atoms with Gasteiger partial charge in [-0.3, -0.25) is 20.1 Å². The van der Waals surface area contributed by atoms with Gasteiger partial charge in [0.2, 0.25) is 5.79 Å². The van der Waals surface area contributed by atoms with E-state index in [-0.39, 0.29) is 17.2 Å². The first-order valence-electron chi connectivity index (χ1n) is 4.69. The van der Waals surface area contributed by atoms with Gasteiger partial charge in [0.1, 0.15) is 5.69 Å². The number of ketones is 1. The Labute approximate surface area is 95.6 Å². The zero-order valence-electron chi connectivity index (χ0n) is 8.85. The summed E-state index contributed by atoms with van der Waals surface area (Å²) in [4.78, 5) is 41.1. The van der Waals surface area contributed by atoms with Crippen LogP contribution in [0.4, 0.5) is 5.82 Å². The lowest BCUT2D eigenvalue weighted by Gasteiger charge is -2.33. The minimum absolute atomic E-state index is 0.0213. The molecule has 0 spiro atoms. The van der Waals surface area contributed by atoms with Gasteiger partial charge >= 0.3 is 0 Å². The molecule has 0 radical (unpaired) electrons. The van der Waals surface area contributed by atoms with E-state index in [0.29, 0.717) is 6.29 Å². The Bertz CT molecular complexity index is 529. The lowest BCUT2D eigenvalue weighted by molar-refractivity contribution is -0.121. The van der Waals surface area contributed by atoms with Crippen molar-refractivity contribution in [1.82, 2.24) is 15.3 Å². The van der Waals surface area contributed by atoms with E-state index in [4.69, 9.17) is 5.73 Å². The molecule has 0 aliphatic carbocycles. The van der Waals surface area contributed by atoms with Crippen molar-refractivity contribution in [2.24, 2.45) is 5.73 Å². The molecule has 1 aromatic rings. The van der Waals surface area contributed by atoms with Crippen LogP contribution in [0.15, 0.2) is 6.20 Å². The van der Waals surface area contributed by atoms with Gasteiger partial charge < -0.3 is 10.6 Å². The quantitative estimate of drug-likeness (QED) is 0.540. The number of Topliss-reactive ketones (excluding diaryl/α,β-unsaturated/α-hetero) is 1. The minimum atomic E-state index is -1.69. The molecule has 2 heterocycles. The van der Waals surface area contributed by atoms with Crippen LogP contribution in [-0.2, 0) is 4.79 Å². The van der Waals surface area contributed by atoms with Crippen molar-refractivity contribution < 1.29 is 14.4 Å². The monoisotopic (exact) mass is 235 g/mol. The van der Waals surface area contributed by atoms with E-state index in [1.54, 1.807) is 0 Å². The molecule has 4 N–H and O–H groups in total. The Kier molecular flexibility index (Phi) is 2.36. The highest BCUT2D eigenvalue weighted by molar-refractivity contribution is 6.05. The van der Waals surface area contributed by atoms with Gasteiger partial charge in [-0.2, -0.15) is 0 Å². The van der Waals surface area contributed by atoms with Gasteiger partial charge in [-0.1, -0.05) is 0 Å². The van der Waals surface area contributed by atoms with E-state index in [9.17, 15) is 14.4 Å². The van der Waals surface area contributed by atoms with Crippen LogP contribution in [0.25, 0.3) is 0 Å². The Balaban J connectivity index is 2.49. The Morgan fingerprint density at radius 3 is 2.82 bits per heavy atom. The third-order valence-electron chi connectivity index (χ3n) is 2.31. The summed E-state index contributed by atoms with van der Waals surface area (Å²) in [5, 5.41) is 4.82. The number of aldehydes is 1. The van der Waals surface area contributed by atoms with Gasteiger partial charge in [-0.05, 0) is 0 Å². The van der Waals surface area contributed by atoms with Crippen LogP contribution in [0.5, 0.6) is 0 Å². The molecule has 0 aromatic carbocycles. The maximum absolute atomic E-state index is 11.7. The van der Waals surface area contributed by atoms with Crippen LogP contribution in [0.2, 0.25) is 0 Å². The van der Waals surface area contributed by atoms with Crippen molar-refractivity contribution in [3.63, 3.8) is 0 Å². The Morgan fingerprint density at radius 1 is 1.53 bits per heavy atom. The smallest absolute Gasteiger partial charge is 0.276 e. The Hall–Kier alpha value is -2.35. The van der Waals surface area contributed by atoms with Gasteiger partial charge in [0, 0.05) is 6.92 Å². The van der Waals surface area contributed by atoms with E-state index in [1.165, 1.54) is 13.1 Å². The van der Waals surface area contributed by atoms with Crippen molar-refractivity contribution in [2.45, 2.75) is 12.7 Å². The van der Waals surface area contributed by atoms with E-state index in [2.05, 4.69) is 20.6 Å². The fourth-order valence-corrected chi connectivity index (χ4v) is 1.34. The predicted molar refractivity (Wildman–Crippen MR) is 56.1 cm³/mol. The molecule has 0 fully saturated rings. The van der Waals surface area contributed by atoms with Gasteiger partial charge in [0.15, 0.2) is 23.6 Å². The molecule has 0 saturated heterocycles. The minimum Gasteiger partial charge on any atom is -0.327 e. The molecule has 1 unspecified atom stereocenters. The van der Waals surface area contributed by atoms with Crippen molar-refractivity contribution in [2.75, 3.05) is 5.32 Å². The van der Waals surface area contributed by atoms with Crippen LogP contribution in [0.1, 0.15) is 27.9 Å². The first-order valence-corrected chi connectivity index (χ1v) is 4.69. The first kappa shape index (κ1) is 11.1. The zero-order valence-corrected chi connectivity index (χ0v) is 8.85. The molecular weight excluding hydrogens is 226 g/mol. The molecule has 8 heteroatoms. The summed E-state index contributed by atoms with van der Waals surface area (Å²) >= 11 is 0. The molecule has 1 aromatic heterocycles. The average Bonchev–Trinajstić information content (AvgIpc) is 2.28. The standard InChI is InChI=1S/C9H9N5O3/c1-4(16)9(10)13-7-6(8(17)14-9)12-5(3-15)2-11-7/h2-3H,10H2,1H3,(H,11,13)(H,14,17). The second kappa shape index (κ2) is 3.59. The molecule has 2 rings (SSSR count). The highest BCUT2D eigenvalue weighted by atomic mass is 16.2. The average molecular weight is 235 g/mol. The number of amides is 1. The number of anilines is 1. The predicted octanol–water partition coefficient (Wildman–Crippen LogP) is -1.35. The number of rotatable bonds is 2. The van der Waals surface area contributed by atoms with Gasteiger partial charge in [0.05, 0.1) is 6.20 Å². The second-order valence-electron chi connectivity index (χ2n) is 3.55. The van der Waals surface area contributed by atoms with E-state index < -0.39 is 17.5 Å². The summed E-state index contributed by atoms with van der Waals surface area (Å²) < 4.78 is 0. The molecular formula is C9H9N5O3. The normalized spacial score (nSPS) is 22.1. The number of nitrogens with one attached hydrogen (secondary N) is 2. The summed E-state index contributed by atoms with van der Waals surface area (Å²) in [6, 6.07) is 0. The molecule has 1 atom stereocenters. The lowest BCUT2D eigenvalue weighted by atomic mass is 10.1. The third-order valence-corrected chi connectivity index (χ3v) is 2.31. The van der Waals surface area contributed by atoms with Crippen LogP contribution in [0, 0.1) is 0 Å². The summed E-state index contributed by atoms with van der Waals surface area (Å²) in [5.74, 6) is -2.76. The molecule has 88 valence electrons. The number of aromatic nitrogens is 2. The third kappa shape index (κ3) is 1.74. The number of hydrogen-bond donors (Lipinski definition) is 3. The number of fused-ring (bicyclic) bond motifs is 1. The summed E-state index contributed by atoms with van der Waals surface area (Å²) in [6.45, 7) is 1.23. The molecule has 1 aliphatic heterocycles. The van der Waals surface area contributed by atoms with Crippen molar-refractivity contribution >= 4 is 23.8 Å². The van der Waals surface area contributed by atoms with Gasteiger partial charge in [-0.15, -0.1) is 0 Å². The fourth-order valence-electron chi connectivity index (χ4n) is 1.34. The largest absolute Gasteiger partial charge is 0.327 e. The van der Waals surface area contributed by atoms with Crippen molar-refractivity contribution in [3.8, 4) is 0 Å². The van der Waals surface area contributed by atoms with Crippen molar-refractivity contribution in [3.05, 3.63) is 17.6 Å². The maximum Gasteiger partial charge on any atom is 0.276 e. The highest BCUT2D eigenvalue weighted by Gasteiger charge is 2.39. The molecule has 17 heavy (non-hydrogen) atoms. The highest BCUT2D eigenvalue weighted by Crippen LogP contribution is 2.18. The zero-order chi connectivity index (χ0) is 12.6. The summed E-state index contributed by atoms with van der Waals surface area (Å²) in [7, 11) is 0. The van der Waals surface area contributed by atoms with E-state index in [0.717, 1.165) is 0 Å². The lowest BCUT2D eigenvalue weighted by Crippen LogP contribution is -2.68. The second-order valence-corrected chi connectivity index (χ2v) is 3.55. The van der Waals surface area contributed by atoms with E-state index in [1.807, 2.05) is 0 Å². The first-order chi connectivity index (χ1) is 7.96. The number of nitrogens with two attached hydrogens (primary N) is 1. The van der Waals surface area contributed by atoms with E-state index >= 15 is 0 Å². The summed E-state index contributed by atoms with van der Waals surface area (Å²) in [6.07, 6.45) is 1.65. The molecule has 1 amide bonds. The molecule has 1 aliphatic rings. The maximum atomic E-state index is 11.7. The number of carbonyl (C=O) groups is 3. The number of hydrogen-bond acceptors (Lipinski definition) is 7.